The predicted molar refractivity (Wildman–Crippen MR) is 67.5 cm³/mol. The van der Waals surface area contributed by atoms with Crippen molar-refractivity contribution in [2.24, 2.45) is 5.73 Å². The van der Waals surface area contributed by atoms with Gasteiger partial charge in [-0.3, -0.25) is 9.59 Å². The minimum atomic E-state index is -2.20. The normalized spacial score (nSPS) is 17.9. The summed E-state index contributed by atoms with van der Waals surface area (Å²) in [6.45, 7) is -0.952. The molecule has 0 saturated carbocycles. The third-order valence-electron chi connectivity index (χ3n) is 2.72. The number of aliphatic carboxylic acids is 2. The second-order valence-corrected chi connectivity index (χ2v) is 4.46. The van der Waals surface area contributed by atoms with E-state index in [0.717, 1.165) is 0 Å². The maximum absolute atomic E-state index is 11.4. The molecule has 0 heterocycles. The van der Waals surface area contributed by atoms with Crippen LogP contribution in [0.5, 0.6) is 0 Å². The lowest BCUT2D eigenvalue weighted by Gasteiger charge is -2.26. The lowest BCUT2D eigenvalue weighted by atomic mass is 10.0. The molecule has 0 rings (SSSR count). The number of rotatable bonds is 10. The zero-order chi connectivity index (χ0) is 17.4. The van der Waals surface area contributed by atoms with Crippen molar-refractivity contribution < 1.29 is 49.8 Å². The largest absolute Gasteiger partial charge is 0.480 e. The smallest absolute Gasteiger partial charge is 0.347 e. The number of esters is 1. The lowest BCUT2D eigenvalue weighted by molar-refractivity contribution is -0.182. The first-order valence-electron chi connectivity index (χ1n) is 6.17. The molecule has 11 heteroatoms. The van der Waals surface area contributed by atoms with Crippen molar-refractivity contribution in [2.45, 2.75) is 43.3 Å². The first-order valence-corrected chi connectivity index (χ1v) is 6.17. The van der Waals surface area contributed by atoms with Crippen LogP contribution >= 0.6 is 0 Å². The molecule has 0 aromatic rings. The molecule has 0 aromatic heterocycles. The summed E-state index contributed by atoms with van der Waals surface area (Å²) in [6, 6.07) is -1.34. The molecule has 128 valence electrons. The van der Waals surface area contributed by atoms with E-state index >= 15 is 0 Å². The van der Waals surface area contributed by atoms with Crippen molar-refractivity contribution in [2.75, 3.05) is 6.61 Å². The van der Waals surface area contributed by atoms with Gasteiger partial charge in [-0.15, -0.1) is 0 Å². The summed E-state index contributed by atoms with van der Waals surface area (Å²) in [7, 11) is 0. The van der Waals surface area contributed by atoms with Crippen LogP contribution in [0.3, 0.4) is 0 Å². The topological polar surface area (TPSA) is 208 Å². The summed E-state index contributed by atoms with van der Waals surface area (Å²) in [4.78, 5) is 32.8. The van der Waals surface area contributed by atoms with Crippen molar-refractivity contribution in [3.8, 4) is 0 Å². The average molecular weight is 325 g/mol. The predicted octanol–water partition coefficient (Wildman–Crippen LogP) is -3.75. The monoisotopic (exact) mass is 325 g/mol. The van der Waals surface area contributed by atoms with E-state index in [-0.39, 0.29) is 6.42 Å². The molecule has 0 saturated heterocycles. The zero-order valence-electron chi connectivity index (χ0n) is 11.4. The van der Waals surface area contributed by atoms with Crippen LogP contribution in [0, 0.1) is 0 Å². The van der Waals surface area contributed by atoms with Gasteiger partial charge in [-0.2, -0.15) is 0 Å². The molecular weight excluding hydrogens is 306 g/mol. The number of ether oxygens (including phenoxy) is 1. The number of nitrogens with two attached hydrogens (primary N) is 1. The number of carboxylic acids is 2. The van der Waals surface area contributed by atoms with Gasteiger partial charge in [0.15, 0.2) is 0 Å². The Kier molecular flexibility index (Phi) is 8.52. The number of hydrogen-bond acceptors (Lipinski definition) is 9. The van der Waals surface area contributed by atoms with Crippen LogP contribution in [0.15, 0.2) is 0 Å². The molecular formula is C11H19NO10. The van der Waals surface area contributed by atoms with Gasteiger partial charge in [0.1, 0.15) is 24.4 Å². The Morgan fingerprint density at radius 1 is 1.00 bits per heavy atom. The van der Waals surface area contributed by atoms with E-state index in [9.17, 15) is 24.6 Å². The first-order chi connectivity index (χ1) is 10.1. The Morgan fingerprint density at radius 3 is 1.95 bits per heavy atom. The van der Waals surface area contributed by atoms with Gasteiger partial charge in [-0.1, -0.05) is 0 Å². The summed E-state index contributed by atoms with van der Waals surface area (Å²) < 4.78 is 4.43. The summed E-state index contributed by atoms with van der Waals surface area (Å²) in [5.74, 6) is -4.31. The molecule has 5 atom stereocenters. The van der Waals surface area contributed by atoms with E-state index in [1.54, 1.807) is 0 Å². The van der Waals surface area contributed by atoms with Gasteiger partial charge in [0.2, 0.25) is 6.10 Å². The Morgan fingerprint density at radius 2 is 1.55 bits per heavy atom. The van der Waals surface area contributed by atoms with E-state index in [1.165, 1.54) is 0 Å². The van der Waals surface area contributed by atoms with Crippen LogP contribution in [-0.2, 0) is 19.1 Å². The summed E-state index contributed by atoms with van der Waals surface area (Å²) in [6.07, 6.45) is -9.15. The van der Waals surface area contributed by atoms with E-state index in [0.29, 0.717) is 0 Å². The number of carbonyl (C=O) groups is 3. The van der Waals surface area contributed by atoms with E-state index in [4.69, 9.17) is 26.2 Å². The summed E-state index contributed by atoms with van der Waals surface area (Å²) in [5, 5.41) is 54.1. The number of aliphatic hydroxyl groups is 4. The van der Waals surface area contributed by atoms with Crippen LogP contribution in [0.4, 0.5) is 0 Å². The van der Waals surface area contributed by atoms with Crippen LogP contribution in [-0.4, -0.2) is 85.6 Å². The molecule has 11 nitrogen and oxygen atoms in total. The number of carbonyl (C=O) groups excluding carboxylic acids is 1. The fraction of sp³-hybridized carbons (Fsp3) is 0.727. The van der Waals surface area contributed by atoms with E-state index in [2.05, 4.69) is 4.74 Å². The number of aliphatic hydroxyl groups excluding tert-OH is 4. The molecule has 0 aliphatic carbocycles. The molecule has 0 aromatic carbocycles. The third kappa shape index (κ3) is 6.32. The SMILES string of the molecule is N[C@@H](CCC(=O)O[C@@H](C(=O)O)[C@@H](O)[C@@H](O)[C@H](O)CO)C(=O)O. The third-order valence-corrected chi connectivity index (χ3v) is 2.72. The highest BCUT2D eigenvalue weighted by Gasteiger charge is 2.38. The molecule has 0 aliphatic heterocycles. The average Bonchev–Trinajstić information content (AvgIpc) is 2.47. The zero-order valence-corrected chi connectivity index (χ0v) is 11.4. The van der Waals surface area contributed by atoms with Crippen molar-refractivity contribution in [3.05, 3.63) is 0 Å². The minimum Gasteiger partial charge on any atom is -0.480 e. The molecule has 22 heavy (non-hydrogen) atoms. The van der Waals surface area contributed by atoms with Gasteiger partial charge in [-0.05, 0) is 6.42 Å². The fourth-order valence-corrected chi connectivity index (χ4v) is 1.38. The van der Waals surface area contributed by atoms with E-state index < -0.39 is 61.4 Å². The molecule has 0 aliphatic rings. The highest BCUT2D eigenvalue weighted by molar-refractivity contribution is 5.79. The number of carboxylic acid groups (broad SMARTS) is 2. The van der Waals surface area contributed by atoms with E-state index in [1.807, 2.05) is 0 Å². The first kappa shape index (κ1) is 20.2. The Labute approximate surface area is 124 Å². The van der Waals surface area contributed by atoms with Gasteiger partial charge in [0.05, 0.1) is 6.61 Å². The lowest BCUT2D eigenvalue weighted by Crippen LogP contribution is -2.50. The number of hydrogen-bond donors (Lipinski definition) is 7. The molecule has 0 radical (unpaired) electrons. The summed E-state index contributed by atoms with van der Waals surface area (Å²) in [5.41, 5.74) is 5.15. The van der Waals surface area contributed by atoms with Gasteiger partial charge in [-0.25, -0.2) is 4.79 Å². The van der Waals surface area contributed by atoms with Crippen molar-refractivity contribution in [1.82, 2.24) is 0 Å². The maximum Gasteiger partial charge on any atom is 0.347 e. The van der Waals surface area contributed by atoms with Crippen LogP contribution in [0.1, 0.15) is 12.8 Å². The van der Waals surface area contributed by atoms with Gasteiger partial charge >= 0.3 is 17.9 Å². The van der Waals surface area contributed by atoms with Crippen LogP contribution in [0.2, 0.25) is 0 Å². The maximum atomic E-state index is 11.4. The van der Waals surface area contributed by atoms with Crippen LogP contribution < -0.4 is 5.73 Å². The highest BCUT2D eigenvalue weighted by Crippen LogP contribution is 2.11. The second kappa shape index (κ2) is 9.27. The molecule has 8 N–H and O–H groups in total. The molecule has 0 spiro atoms. The minimum absolute atomic E-state index is 0.321. The van der Waals surface area contributed by atoms with Crippen molar-refractivity contribution >= 4 is 17.9 Å². The standard InChI is InChI=1S/C11H19NO10/c12-4(10(18)19)1-2-6(15)22-9(11(20)21)8(17)7(16)5(14)3-13/h4-5,7-9,13-14,16-17H,1-3,12H2,(H,18,19)(H,20,21)/t4-,5+,7-,8-,9+/m0/s1. The van der Waals surface area contributed by atoms with Gasteiger partial charge in [0, 0.05) is 6.42 Å². The molecule has 0 unspecified atom stereocenters. The van der Waals surface area contributed by atoms with Crippen molar-refractivity contribution in [3.63, 3.8) is 0 Å². The van der Waals surface area contributed by atoms with Crippen molar-refractivity contribution in [1.29, 1.82) is 0 Å². The molecule has 0 bridgehead atoms. The molecule has 0 amide bonds. The Hall–Kier alpha value is -1.79. The van der Waals surface area contributed by atoms with Gasteiger partial charge in [0.25, 0.3) is 0 Å². The summed E-state index contributed by atoms with van der Waals surface area (Å²) >= 11 is 0. The fourth-order valence-electron chi connectivity index (χ4n) is 1.38. The van der Waals surface area contributed by atoms with Crippen LogP contribution in [0.25, 0.3) is 0 Å². The highest BCUT2D eigenvalue weighted by atomic mass is 16.6. The second-order valence-electron chi connectivity index (χ2n) is 4.46. The quantitative estimate of drug-likeness (QED) is 0.194. The Balaban J connectivity index is 4.67. The van der Waals surface area contributed by atoms with Gasteiger partial charge < -0.3 is 41.1 Å². The Bertz CT molecular complexity index is 400. The molecule has 0 fully saturated rings.